The summed E-state index contributed by atoms with van der Waals surface area (Å²) in [5.74, 6) is 2.28. The predicted molar refractivity (Wildman–Crippen MR) is 44.5 cm³/mol. The van der Waals surface area contributed by atoms with Crippen LogP contribution in [0, 0.1) is 12.0 Å². The molecule has 1 atom stereocenters. The highest BCUT2D eigenvalue weighted by atomic mass is 16.3. The molecule has 0 saturated carbocycles. The van der Waals surface area contributed by atoms with Gasteiger partial charge in [-0.25, -0.2) is 0 Å². The summed E-state index contributed by atoms with van der Waals surface area (Å²) in [7, 11) is 0. The third-order valence-electron chi connectivity index (χ3n) is 1.56. The van der Waals surface area contributed by atoms with Gasteiger partial charge in [0.2, 0.25) is 0 Å². The molecule has 0 amide bonds. The molecule has 0 fully saturated rings. The van der Waals surface area contributed by atoms with Crippen molar-refractivity contribution in [1.82, 2.24) is 0 Å². The summed E-state index contributed by atoms with van der Waals surface area (Å²) in [6.07, 6.45) is 6.27. The molecule has 0 aliphatic rings. The Morgan fingerprint density at radius 2 is 2.00 bits per heavy atom. The van der Waals surface area contributed by atoms with Gasteiger partial charge in [-0.15, -0.1) is 0 Å². The van der Waals surface area contributed by atoms with E-state index in [2.05, 4.69) is 12.8 Å². The average molecular weight is 156 g/mol. The predicted octanol–water partition coefficient (Wildman–Crippen LogP) is 1.65. The maximum atomic E-state index is 9.01. The number of aliphatic hydroxyl groups excluding tert-OH is 2. The SMILES string of the molecule is CCCCCCC(O)C#CO. The van der Waals surface area contributed by atoms with Crippen LogP contribution in [0.5, 0.6) is 0 Å². The Hall–Kier alpha value is -0.680. The van der Waals surface area contributed by atoms with E-state index >= 15 is 0 Å². The second kappa shape index (κ2) is 7.43. The molecule has 64 valence electrons. The van der Waals surface area contributed by atoms with Gasteiger partial charge in [0, 0.05) is 0 Å². The Bertz CT molecular complexity index is 132. The lowest BCUT2D eigenvalue weighted by molar-refractivity contribution is 0.216. The smallest absolute Gasteiger partial charge is 0.118 e. The molecule has 0 aromatic carbocycles. The van der Waals surface area contributed by atoms with Crippen molar-refractivity contribution in [3.63, 3.8) is 0 Å². The quantitative estimate of drug-likeness (QED) is 0.469. The molecule has 2 nitrogen and oxygen atoms in total. The molecule has 1 unspecified atom stereocenters. The van der Waals surface area contributed by atoms with E-state index in [1.54, 1.807) is 6.11 Å². The summed E-state index contributed by atoms with van der Waals surface area (Å²) < 4.78 is 0. The summed E-state index contributed by atoms with van der Waals surface area (Å²) in [5.41, 5.74) is 0. The summed E-state index contributed by atoms with van der Waals surface area (Å²) in [6.45, 7) is 2.14. The van der Waals surface area contributed by atoms with Crippen LogP contribution in [0.1, 0.15) is 39.0 Å². The molecule has 0 aliphatic carbocycles. The van der Waals surface area contributed by atoms with Gasteiger partial charge >= 0.3 is 0 Å². The number of hydrogen-bond acceptors (Lipinski definition) is 2. The summed E-state index contributed by atoms with van der Waals surface area (Å²) in [4.78, 5) is 0. The lowest BCUT2D eigenvalue weighted by atomic mass is 10.1. The van der Waals surface area contributed by atoms with Crippen LogP contribution >= 0.6 is 0 Å². The molecule has 0 bridgehead atoms. The molecule has 0 aromatic rings. The normalized spacial score (nSPS) is 11.8. The molecule has 0 rings (SSSR count). The highest BCUT2D eigenvalue weighted by molar-refractivity contribution is 4.97. The average Bonchev–Trinajstić information content (AvgIpc) is 1.99. The Labute approximate surface area is 68.2 Å². The van der Waals surface area contributed by atoms with E-state index in [0.29, 0.717) is 6.42 Å². The van der Waals surface area contributed by atoms with Gasteiger partial charge in [-0.3, -0.25) is 0 Å². The molecule has 0 saturated heterocycles. The Morgan fingerprint density at radius 1 is 1.27 bits per heavy atom. The van der Waals surface area contributed by atoms with Crippen LogP contribution in [0.3, 0.4) is 0 Å². The van der Waals surface area contributed by atoms with Crippen molar-refractivity contribution >= 4 is 0 Å². The van der Waals surface area contributed by atoms with Crippen LogP contribution in [-0.2, 0) is 0 Å². The first-order valence-electron chi connectivity index (χ1n) is 4.14. The van der Waals surface area contributed by atoms with Crippen LogP contribution < -0.4 is 0 Å². The second-order valence-corrected chi connectivity index (χ2v) is 2.62. The van der Waals surface area contributed by atoms with Gasteiger partial charge < -0.3 is 10.2 Å². The first kappa shape index (κ1) is 10.3. The number of aliphatic hydroxyl groups is 2. The van der Waals surface area contributed by atoms with E-state index < -0.39 is 6.10 Å². The minimum absolute atomic E-state index is 0.642. The molecule has 0 aromatic heterocycles. The van der Waals surface area contributed by atoms with E-state index in [1.165, 1.54) is 12.8 Å². The first-order valence-corrected chi connectivity index (χ1v) is 4.14. The van der Waals surface area contributed by atoms with Crippen molar-refractivity contribution in [3.8, 4) is 12.0 Å². The topological polar surface area (TPSA) is 40.5 Å². The van der Waals surface area contributed by atoms with Gasteiger partial charge in [-0.2, -0.15) is 0 Å². The molecule has 0 heterocycles. The van der Waals surface area contributed by atoms with Crippen molar-refractivity contribution in [3.05, 3.63) is 0 Å². The van der Waals surface area contributed by atoms with Crippen molar-refractivity contribution in [2.75, 3.05) is 0 Å². The zero-order valence-electron chi connectivity index (χ0n) is 7.01. The van der Waals surface area contributed by atoms with Crippen molar-refractivity contribution < 1.29 is 10.2 Å². The lowest BCUT2D eigenvalue weighted by Crippen LogP contribution is -2.01. The minimum Gasteiger partial charge on any atom is -0.462 e. The highest BCUT2D eigenvalue weighted by Gasteiger charge is 1.97. The van der Waals surface area contributed by atoms with Crippen molar-refractivity contribution in [1.29, 1.82) is 0 Å². The molecule has 0 radical (unpaired) electrons. The zero-order valence-corrected chi connectivity index (χ0v) is 7.01. The number of unbranched alkanes of at least 4 members (excludes halogenated alkanes) is 3. The molecular weight excluding hydrogens is 140 g/mol. The van der Waals surface area contributed by atoms with Gasteiger partial charge in [0.15, 0.2) is 0 Å². The van der Waals surface area contributed by atoms with E-state index in [1.807, 2.05) is 0 Å². The third-order valence-corrected chi connectivity index (χ3v) is 1.56. The Morgan fingerprint density at radius 3 is 2.55 bits per heavy atom. The Balaban J connectivity index is 3.15. The maximum Gasteiger partial charge on any atom is 0.118 e. The van der Waals surface area contributed by atoms with Crippen LogP contribution in [-0.4, -0.2) is 16.3 Å². The highest BCUT2D eigenvalue weighted by Crippen LogP contribution is 2.04. The largest absolute Gasteiger partial charge is 0.462 e. The third kappa shape index (κ3) is 7.21. The number of hydrogen-bond donors (Lipinski definition) is 2. The fourth-order valence-corrected chi connectivity index (χ4v) is 0.911. The molecule has 2 heteroatoms. The Kier molecular flexibility index (Phi) is 6.97. The van der Waals surface area contributed by atoms with Gasteiger partial charge in [-0.05, 0) is 18.8 Å². The van der Waals surface area contributed by atoms with E-state index in [-0.39, 0.29) is 0 Å². The van der Waals surface area contributed by atoms with Gasteiger partial charge in [0.05, 0.1) is 0 Å². The van der Waals surface area contributed by atoms with Crippen molar-refractivity contribution in [2.24, 2.45) is 0 Å². The standard InChI is InChI=1S/C9H16O2/c1-2-3-4-5-6-9(11)7-8-10/h9-11H,2-6H2,1H3. The lowest BCUT2D eigenvalue weighted by Gasteiger charge is -2.00. The molecule has 2 N–H and O–H groups in total. The summed E-state index contributed by atoms with van der Waals surface area (Å²) >= 11 is 0. The molecule has 11 heavy (non-hydrogen) atoms. The van der Waals surface area contributed by atoms with Crippen LogP contribution in [0.15, 0.2) is 0 Å². The minimum atomic E-state index is -0.642. The first-order chi connectivity index (χ1) is 5.31. The summed E-state index contributed by atoms with van der Waals surface area (Å²) in [6, 6.07) is 0. The monoisotopic (exact) mass is 156 g/mol. The van der Waals surface area contributed by atoms with E-state index in [0.717, 1.165) is 12.8 Å². The van der Waals surface area contributed by atoms with E-state index in [4.69, 9.17) is 10.2 Å². The van der Waals surface area contributed by atoms with Crippen molar-refractivity contribution in [2.45, 2.75) is 45.1 Å². The van der Waals surface area contributed by atoms with Gasteiger partial charge in [0.25, 0.3) is 0 Å². The fraction of sp³-hybridized carbons (Fsp3) is 0.778. The zero-order chi connectivity index (χ0) is 8.53. The maximum absolute atomic E-state index is 9.01. The van der Waals surface area contributed by atoms with Gasteiger partial charge in [0.1, 0.15) is 12.2 Å². The summed E-state index contributed by atoms with van der Waals surface area (Å²) in [5, 5.41) is 17.1. The molecule has 0 aliphatic heterocycles. The molecular formula is C9H16O2. The molecule has 0 spiro atoms. The van der Waals surface area contributed by atoms with Crippen LogP contribution in [0.2, 0.25) is 0 Å². The van der Waals surface area contributed by atoms with E-state index in [9.17, 15) is 0 Å². The van der Waals surface area contributed by atoms with Crippen LogP contribution in [0.4, 0.5) is 0 Å². The second-order valence-electron chi connectivity index (χ2n) is 2.62. The van der Waals surface area contributed by atoms with Crippen LogP contribution in [0.25, 0.3) is 0 Å². The fourth-order valence-electron chi connectivity index (χ4n) is 0.911. The number of rotatable bonds is 5. The van der Waals surface area contributed by atoms with Gasteiger partial charge in [-0.1, -0.05) is 26.2 Å².